The van der Waals surface area contributed by atoms with Crippen molar-refractivity contribution in [2.45, 2.75) is 20.3 Å². The van der Waals surface area contributed by atoms with E-state index in [0.29, 0.717) is 30.1 Å². The van der Waals surface area contributed by atoms with Gasteiger partial charge in [0.15, 0.2) is 0 Å². The Morgan fingerprint density at radius 2 is 2.19 bits per heavy atom. The van der Waals surface area contributed by atoms with E-state index >= 15 is 0 Å². The molecule has 4 nitrogen and oxygen atoms in total. The van der Waals surface area contributed by atoms with Gasteiger partial charge in [-0.1, -0.05) is 13.0 Å². The molecule has 0 radical (unpaired) electrons. The number of fused-ring (bicyclic) bond motifs is 1. The van der Waals surface area contributed by atoms with E-state index in [1.54, 1.807) is 16.7 Å². The van der Waals surface area contributed by atoms with Gasteiger partial charge < -0.3 is 4.74 Å². The molecule has 2 rings (SSSR count). The summed E-state index contributed by atoms with van der Waals surface area (Å²) in [4.78, 5) is 16.4. The molecule has 0 aliphatic heterocycles. The van der Waals surface area contributed by atoms with Crippen LogP contribution in [0.4, 0.5) is 0 Å². The molecular formula is C12H14N2O2. The number of hydrogen-bond donors (Lipinski definition) is 0. The minimum absolute atomic E-state index is 0.0449. The number of ether oxygens (including phenoxy) is 1. The van der Waals surface area contributed by atoms with E-state index < -0.39 is 0 Å². The monoisotopic (exact) mass is 218 g/mol. The van der Waals surface area contributed by atoms with Crippen LogP contribution in [0.25, 0.3) is 5.65 Å². The minimum Gasteiger partial charge on any atom is -0.478 e. The van der Waals surface area contributed by atoms with Crippen LogP contribution in [0.2, 0.25) is 0 Å². The van der Waals surface area contributed by atoms with Crippen LogP contribution in [0.15, 0.2) is 29.2 Å². The molecule has 0 fully saturated rings. The Labute approximate surface area is 93.5 Å². The maximum absolute atomic E-state index is 12.1. The average molecular weight is 218 g/mol. The van der Waals surface area contributed by atoms with Gasteiger partial charge in [-0.25, -0.2) is 0 Å². The smallest absolute Gasteiger partial charge is 0.264 e. The lowest BCUT2D eigenvalue weighted by molar-refractivity contribution is 0.323. The maximum Gasteiger partial charge on any atom is 0.264 e. The Kier molecular flexibility index (Phi) is 2.90. The maximum atomic E-state index is 12.1. The molecule has 0 unspecified atom stereocenters. The number of aromatic nitrogens is 2. The highest BCUT2D eigenvalue weighted by atomic mass is 16.5. The van der Waals surface area contributed by atoms with Gasteiger partial charge in [-0.3, -0.25) is 9.20 Å². The first-order chi connectivity index (χ1) is 7.77. The predicted molar refractivity (Wildman–Crippen MR) is 62.0 cm³/mol. The molecule has 0 saturated carbocycles. The van der Waals surface area contributed by atoms with Crippen LogP contribution in [0.1, 0.15) is 19.4 Å². The van der Waals surface area contributed by atoms with Crippen LogP contribution in [0, 0.1) is 0 Å². The lowest BCUT2D eigenvalue weighted by atomic mass is 10.2. The van der Waals surface area contributed by atoms with Gasteiger partial charge in [0.1, 0.15) is 5.65 Å². The molecule has 0 bridgehead atoms. The Bertz CT molecular complexity index is 560. The molecule has 84 valence electrons. The number of rotatable bonds is 3. The van der Waals surface area contributed by atoms with Crippen molar-refractivity contribution in [3.63, 3.8) is 0 Å². The Morgan fingerprint density at radius 3 is 2.88 bits per heavy atom. The van der Waals surface area contributed by atoms with E-state index in [2.05, 4.69) is 4.98 Å². The summed E-state index contributed by atoms with van der Waals surface area (Å²) < 4.78 is 6.94. The Balaban J connectivity index is 2.76. The van der Waals surface area contributed by atoms with Gasteiger partial charge in [-0.05, 0) is 25.5 Å². The first-order valence-electron chi connectivity index (χ1n) is 5.41. The Hall–Kier alpha value is -1.84. The fourth-order valence-corrected chi connectivity index (χ4v) is 1.66. The summed E-state index contributed by atoms with van der Waals surface area (Å²) in [5.74, 6) is 0.459. The first-order valence-corrected chi connectivity index (χ1v) is 5.41. The zero-order valence-corrected chi connectivity index (χ0v) is 9.43. The van der Waals surface area contributed by atoms with Gasteiger partial charge in [0, 0.05) is 6.20 Å². The summed E-state index contributed by atoms with van der Waals surface area (Å²) in [6.07, 6.45) is 2.35. The lowest BCUT2D eigenvalue weighted by Crippen LogP contribution is -2.20. The van der Waals surface area contributed by atoms with Crippen LogP contribution in [0.5, 0.6) is 5.88 Å². The predicted octanol–water partition coefficient (Wildman–Crippen LogP) is 1.66. The van der Waals surface area contributed by atoms with Crippen molar-refractivity contribution in [2.24, 2.45) is 0 Å². The van der Waals surface area contributed by atoms with Crippen molar-refractivity contribution in [1.82, 2.24) is 9.38 Å². The molecule has 0 aromatic carbocycles. The lowest BCUT2D eigenvalue weighted by Gasteiger charge is -2.08. The van der Waals surface area contributed by atoms with Crippen molar-refractivity contribution < 1.29 is 4.74 Å². The number of pyridine rings is 1. The second-order valence-electron chi connectivity index (χ2n) is 3.42. The second kappa shape index (κ2) is 4.35. The first kappa shape index (κ1) is 10.7. The van der Waals surface area contributed by atoms with E-state index in [-0.39, 0.29) is 5.56 Å². The average Bonchev–Trinajstić information content (AvgIpc) is 2.30. The summed E-state index contributed by atoms with van der Waals surface area (Å²) in [7, 11) is 0. The van der Waals surface area contributed by atoms with Crippen LogP contribution in [0.3, 0.4) is 0 Å². The second-order valence-corrected chi connectivity index (χ2v) is 3.42. The quantitative estimate of drug-likeness (QED) is 0.786. The van der Waals surface area contributed by atoms with Crippen molar-refractivity contribution in [1.29, 1.82) is 0 Å². The number of nitrogens with zero attached hydrogens (tertiary/aromatic N) is 2. The molecule has 0 aliphatic rings. The molecule has 2 aromatic rings. The van der Waals surface area contributed by atoms with Crippen molar-refractivity contribution >= 4 is 5.65 Å². The van der Waals surface area contributed by atoms with Gasteiger partial charge in [-0.15, -0.1) is 0 Å². The molecule has 16 heavy (non-hydrogen) atoms. The highest BCUT2D eigenvalue weighted by Gasteiger charge is 2.11. The molecule has 0 aliphatic carbocycles. The summed E-state index contributed by atoms with van der Waals surface area (Å²) in [5, 5.41) is 0. The fraction of sp³-hybridized carbons (Fsp3) is 0.333. The summed E-state index contributed by atoms with van der Waals surface area (Å²) in [6, 6.07) is 5.46. The van der Waals surface area contributed by atoms with Crippen molar-refractivity contribution in [3.05, 3.63) is 40.3 Å². The molecule has 0 N–H and O–H groups in total. The van der Waals surface area contributed by atoms with Gasteiger partial charge in [-0.2, -0.15) is 4.98 Å². The van der Waals surface area contributed by atoms with Gasteiger partial charge in [0.25, 0.3) is 5.56 Å². The summed E-state index contributed by atoms with van der Waals surface area (Å²) in [6.45, 7) is 4.33. The zero-order valence-electron chi connectivity index (χ0n) is 9.43. The highest BCUT2D eigenvalue weighted by molar-refractivity contribution is 5.42. The van der Waals surface area contributed by atoms with Crippen LogP contribution in [-0.2, 0) is 6.42 Å². The standard InChI is InChI=1S/C12H14N2O2/c1-3-9-11(16-4-2)13-10-7-5-6-8-14(10)12(9)15/h5-8H,3-4H2,1-2H3. The molecule has 0 atom stereocenters. The van der Waals surface area contributed by atoms with E-state index in [1.165, 1.54) is 0 Å². The van der Waals surface area contributed by atoms with E-state index in [4.69, 9.17) is 4.74 Å². The SMILES string of the molecule is CCOc1nc2ccccn2c(=O)c1CC. The molecule has 2 aromatic heterocycles. The van der Waals surface area contributed by atoms with E-state index in [9.17, 15) is 4.79 Å². The zero-order chi connectivity index (χ0) is 11.5. The molecule has 0 amide bonds. The molecule has 0 saturated heterocycles. The normalized spacial score (nSPS) is 10.6. The highest BCUT2D eigenvalue weighted by Crippen LogP contribution is 2.13. The van der Waals surface area contributed by atoms with E-state index in [0.717, 1.165) is 0 Å². The minimum atomic E-state index is -0.0449. The topological polar surface area (TPSA) is 43.6 Å². The van der Waals surface area contributed by atoms with Crippen molar-refractivity contribution in [2.75, 3.05) is 6.61 Å². The third-order valence-corrected chi connectivity index (χ3v) is 2.42. The van der Waals surface area contributed by atoms with Crippen LogP contribution in [-0.4, -0.2) is 16.0 Å². The van der Waals surface area contributed by atoms with E-state index in [1.807, 2.05) is 26.0 Å². The third-order valence-electron chi connectivity index (χ3n) is 2.42. The Morgan fingerprint density at radius 1 is 1.38 bits per heavy atom. The van der Waals surface area contributed by atoms with Crippen LogP contribution >= 0.6 is 0 Å². The van der Waals surface area contributed by atoms with Crippen LogP contribution < -0.4 is 10.3 Å². The fourth-order valence-electron chi connectivity index (χ4n) is 1.66. The number of hydrogen-bond acceptors (Lipinski definition) is 3. The summed E-state index contributed by atoms with van der Waals surface area (Å²) >= 11 is 0. The third kappa shape index (κ3) is 1.66. The molecule has 2 heterocycles. The van der Waals surface area contributed by atoms with Gasteiger partial charge in [0.05, 0.1) is 12.2 Å². The molecule has 0 spiro atoms. The molecular weight excluding hydrogens is 204 g/mol. The van der Waals surface area contributed by atoms with Crippen molar-refractivity contribution in [3.8, 4) is 5.88 Å². The van der Waals surface area contributed by atoms with Gasteiger partial charge >= 0.3 is 0 Å². The largest absolute Gasteiger partial charge is 0.478 e. The summed E-state index contributed by atoms with van der Waals surface area (Å²) in [5.41, 5.74) is 1.20. The molecule has 4 heteroatoms. The van der Waals surface area contributed by atoms with Gasteiger partial charge in [0.2, 0.25) is 5.88 Å².